The molecule has 3 N–H and O–H groups in total. The highest BCUT2D eigenvalue weighted by Crippen LogP contribution is 2.27. The summed E-state index contributed by atoms with van der Waals surface area (Å²) in [5.74, 6) is 0. The molecular formula is C14H14BrClN2O2S. The summed E-state index contributed by atoms with van der Waals surface area (Å²) in [6.07, 6.45) is 0.720. The quantitative estimate of drug-likeness (QED) is 0.823. The number of sulfonamides is 1. The number of anilines is 1. The molecule has 0 bridgehead atoms. The predicted molar refractivity (Wildman–Crippen MR) is 89.2 cm³/mol. The molecule has 7 heteroatoms. The highest BCUT2D eigenvalue weighted by Gasteiger charge is 2.14. The number of nitrogens with one attached hydrogen (secondary N) is 1. The van der Waals surface area contributed by atoms with Crippen LogP contribution in [0.25, 0.3) is 0 Å². The maximum absolute atomic E-state index is 12.3. The Kier molecular flexibility index (Phi) is 5.27. The lowest BCUT2D eigenvalue weighted by molar-refractivity contribution is 0.601. The van der Waals surface area contributed by atoms with E-state index < -0.39 is 10.0 Å². The van der Waals surface area contributed by atoms with Gasteiger partial charge in [0.15, 0.2) is 0 Å². The second-order valence-corrected chi connectivity index (χ2v) is 7.36. The Morgan fingerprint density at radius 1 is 1.14 bits per heavy atom. The van der Waals surface area contributed by atoms with Crippen molar-refractivity contribution in [3.05, 3.63) is 57.5 Å². The van der Waals surface area contributed by atoms with E-state index in [1.165, 1.54) is 0 Å². The molecule has 0 radical (unpaired) electrons. The van der Waals surface area contributed by atoms with E-state index in [-0.39, 0.29) is 4.90 Å². The van der Waals surface area contributed by atoms with Crippen LogP contribution >= 0.6 is 27.5 Å². The van der Waals surface area contributed by atoms with Crippen molar-refractivity contribution in [2.75, 3.05) is 11.3 Å². The van der Waals surface area contributed by atoms with Gasteiger partial charge in [-0.15, -0.1) is 0 Å². The number of halogens is 2. The first-order valence-corrected chi connectivity index (χ1v) is 8.84. The first-order valence-electron chi connectivity index (χ1n) is 6.19. The molecule has 112 valence electrons. The van der Waals surface area contributed by atoms with Gasteiger partial charge in [-0.3, -0.25) is 4.72 Å². The molecule has 2 rings (SSSR count). The van der Waals surface area contributed by atoms with E-state index in [1.807, 2.05) is 0 Å². The van der Waals surface area contributed by atoms with Gasteiger partial charge in [-0.2, -0.15) is 0 Å². The fraction of sp³-hybridized carbons (Fsp3) is 0.143. The van der Waals surface area contributed by atoms with E-state index >= 15 is 0 Å². The van der Waals surface area contributed by atoms with E-state index in [9.17, 15) is 8.42 Å². The molecule has 2 aromatic rings. The standard InChI is InChI=1S/C14H14BrClN2O2S/c15-13-9-11(3-6-14(13)16)18-21(19,20)12-4-1-10(2-5-12)7-8-17/h1-6,9,18H,7-8,17H2. The van der Waals surface area contributed by atoms with Crippen LogP contribution in [-0.4, -0.2) is 15.0 Å². The third-order valence-corrected chi connectivity index (χ3v) is 5.45. The third kappa shape index (κ3) is 4.20. The average molecular weight is 390 g/mol. The monoisotopic (exact) mass is 388 g/mol. The van der Waals surface area contributed by atoms with Gasteiger partial charge < -0.3 is 5.73 Å². The summed E-state index contributed by atoms with van der Waals surface area (Å²) in [5, 5.41) is 0.518. The number of rotatable bonds is 5. The normalized spacial score (nSPS) is 11.4. The van der Waals surface area contributed by atoms with Gasteiger partial charge in [0, 0.05) is 4.47 Å². The van der Waals surface area contributed by atoms with Crippen molar-refractivity contribution in [3.8, 4) is 0 Å². The van der Waals surface area contributed by atoms with Gasteiger partial charge in [0.2, 0.25) is 0 Å². The summed E-state index contributed by atoms with van der Waals surface area (Å²) in [4.78, 5) is 0.203. The van der Waals surface area contributed by atoms with Crippen molar-refractivity contribution >= 4 is 43.2 Å². The lowest BCUT2D eigenvalue weighted by Gasteiger charge is -2.09. The number of benzene rings is 2. The van der Waals surface area contributed by atoms with E-state index in [2.05, 4.69) is 20.7 Å². The van der Waals surface area contributed by atoms with Crippen molar-refractivity contribution in [2.45, 2.75) is 11.3 Å². The summed E-state index contributed by atoms with van der Waals surface area (Å²) in [5.41, 5.74) is 6.91. The lowest BCUT2D eigenvalue weighted by atomic mass is 10.2. The van der Waals surface area contributed by atoms with Crippen LogP contribution in [0.4, 0.5) is 5.69 Å². The molecule has 0 saturated carbocycles. The fourth-order valence-corrected chi connectivity index (χ4v) is 3.32. The van der Waals surface area contributed by atoms with Crippen LogP contribution in [0.1, 0.15) is 5.56 Å². The molecule has 21 heavy (non-hydrogen) atoms. The zero-order valence-electron chi connectivity index (χ0n) is 11.0. The number of hydrogen-bond donors (Lipinski definition) is 2. The van der Waals surface area contributed by atoms with Crippen LogP contribution in [0, 0.1) is 0 Å². The van der Waals surface area contributed by atoms with Crippen LogP contribution in [0.15, 0.2) is 51.8 Å². The van der Waals surface area contributed by atoms with Crippen molar-refractivity contribution in [1.82, 2.24) is 0 Å². The summed E-state index contributed by atoms with van der Waals surface area (Å²) >= 11 is 9.14. The molecule has 0 atom stereocenters. The molecule has 0 saturated heterocycles. The minimum atomic E-state index is -3.62. The molecule has 0 aliphatic heterocycles. The maximum atomic E-state index is 12.3. The molecule has 0 spiro atoms. The topological polar surface area (TPSA) is 72.2 Å². The second kappa shape index (κ2) is 6.79. The second-order valence-electron chi connectivity index (χ2n) is 4.42. The Labute approximate surface area is 137 Å². The van der Waals surface area contributed by atoms with E-state index in [0.717, 1.165) is 12.0 Å². The number of nitrogens with two attached hydrogens (primary N) is 1. The fourth-order valence-electron chi connectivity index (χ4n) is 1.78. The van der Waals surface area contributed by atoms with Crippen LogP contribution < -0.4 is 10.5 Å². The van der Waals surface area contributed by atoms with Crippen molar-refractivity contribution in [2.24, 2.45) is 5.73 Å². The van der Waals surface area contributed by atoms with Crippen LogP contribution in [0.3, 0.4) is 0 Å². The first-order chi connectivity index (χ1) is 9.92. The van der Waals surface area contributed by atoms with Crippen molar-refractivity contribution < 1.29 is 8.42 Å². The number of hydrogen-bond acceptors (Lipinski definition) is 3. The zero-order valence-corrected chi connectivity index (χ0v) is 14.2. The molecule has 0 unspecified atom stereocenters. The smallest absolute Gasteiger partial charge is 0.261 e. The molecule has 4 nitrogen and oxygen atoms in total. The minimum Gasteiger partial charge on any atom is -0.330 e. The van der Waals surface area contributed by atoms with Gasteiger partial charge >= 0.3 is 0 Å². The Hall–Kier alpha value is -1.08. The van der Waals surface area contributed by atoms with Gasteiger partial charge in [0.05, 0.1) is 15.6 Å². The maximum Gasteiger partial charge on any atom is 0.261 e. The van der Waals surface area contributed by atoms with Crippen LogP contribution in [0.5, 0.6) is 0 Å². The van der Waals surface area contributed by atoms with Crippen molar-refractivity contribution in [3.63, 3.8) is 0 Å². The first kappa shape index (κ1) is 16.3. The van der Waals surface area contributed by atoms with E-state index in [0.29, 0.717) is 21.7 Å². The van der Waals surface area contributed by atoms with E-state index in [1.54, 1.807) is 42.5 Å². The minimum absolute atomic E-state index is 0.203. The Balaban J connectivity index is 2.23. The third-order valence-electron chi connectivity index (χ3n) is 2.84. The Bertz CT molecular complexity index is 733. The van der Waals surface area contributed by atoms with Gasteiger partial charge in [-0.1, -0.05) is 23.7 Å². The molecule has 0 fully saturated rings. The van der Waals surface area contributed by atoms with Gasteiger partial charge in [-0.05, 0) is 64.8 Å². The van der Waals surface area contributed by atoms with Gasteiger partial charge in [0.1, 0.15) is 0 Å². The molecule has 2 aromatic carbocycles. The largest absolute Gasteiger partial charge is 0.330 e. The van der Waals surface area contributed by atoms with Crippen molar-refractivity contribution in [1.29, 1.82) is 0 Å². The SMILES string of the molecule is NCCc1ccc(S(=O)(=O)Nc2ccc(Cl)c(Br)c2)cc1. The van der Waals surface area contributed by atoms with Crippen LogP contribution in [0.2, 0.25) is 5.02 Å². The highest BCUT2D eigenvalue weighted by molar-refractivity contribution is 9.10. The summed E-state index contributed by atoms with van der Waals surface area (Å²) < 4.78 is 27.7. The molecule has 0 amide bonds. The molecule has 0 aliphatic rings. The highest BCUT2D eigenvalue weighted by atomic mass is 79.9. The lowest BCUT2D eigenvalue weighted by Crippen LogP contribution is -2.13. The van der Waals surface area contributed by atoms with Crippen LogP contribution in [-0.2, 0) is 16.4 Å². The van der Waals surface area contributed by atoms with E-state index in [4.69, 9.17) is 17.3 Å². The average Bonchev–Trinajstić information content (AvgIpc) is 2.44. The zero-order chi connectivity index (χ0) is 15.5. The van der Waals surface area contributed by atoms with Gasteiger partial charge in [-0.25, -0.2) is 8.42 Å². The predicted octanol–water partition coefficient (Wildman–Crippen LogP) is 3.40. The summed E-state index contributed by atoms with van der Waals surface area (Å²) in [6, 6.07) is 11.5. The molecule has 0 aliphatic carbocycles. The molecular weight excluding hydrogens is 376 g/mol. The molecule has 0 heterocycles. The van der Waals surface area contributed by atoms with Gasteiger partial charge in [0.25, 0.3) is 10.0 Å². The molecule has 0 aromatic heterocycles. The summed E-state index contributed by atoms with van der Waals surface area (Å²) in [6.45, 7) is 0.531. The Morgan fingerprint density at radius 3 is 2.38 bits per heavy atom. The Morgan fingerprint density at radius 2 is 1.81 bits per heavy atom. The summed E-state index contributed by atoms with van der Waals surface area (Å²) in [7, 11) is -3.62.